The number of rotatable bonds is 2. The molecule has 0 spiro atoms. The van der Waals surface area contributed by atoms with E-state index in [9.17, 15) is 13.2 Å². The molecule has 0 unspecified atom stereocenters. The van der Waals surface area contributed by atoms with Gasteiger partial charge in [0.1, 0.15) is 6.54 Å². The lowest BCUT2D eigenvalue weighted by molar-refractivity contribution is -0.142. The van der Waals surface area contributed by atoms with Crippen molar-refractivity contribution in [3.05, 3.63) is 18.0 Å². The van der Waals surface area contributed by atoms with Gasteiger partial charge in [0.25, 0.3) is 0 Å². The molecule has 1 heterocycles. The van der Waals surface area contributed by atoms with Crippen molar-refractivity contribution in [1.82, 2.24) is 9.78 Å². The highest BCUT2D eigenvalue weighted by Crippen LogP contribution is 2.18. The largest absolute Gasteiger partial charge is 0.408 e. The van der Waals surface area contributed by atoms with Gasteiger partial charge in [-0.15, -0.1) is 0 Å². The predicted molar refractivity (Wildman–Crippen MR) is 40.9 cm³/mol. The van der Waals surface area contributed by atoms with E-state index in [1.807, 2.05) is 0 Å². The molecule has 0 bridgehead atoms. The van der Waals surface area contributed by atoms with Gasteiger partial charge in [-0.2, -0.15) is 18.3 Å². The highest BCUT2D eigenvalue weighted by atomic mass is 79.9. The normalized spacial score (nSPS) is 12.0. The van der Waals surface area contributed by atoms with Gasteiger partial charge in [0.2, 0.25) is 0 Å². The molecule has 0 aliphatic carbocycles. The molecule has 1 aromatic rings. The molecule has 0 atom stereocenters. The van der Waals surface area contributed by atoms with E-state index in [0.717, 1.165) is 4.68 Å². The highest BCUT2D eigenvalue weighted by molar-refractivity contribution is 9.08. The predicted octanol–water partition coefficient (Wildman–Crippen LogP) is 2.34. The molecule has 0 saturated heterocycles. The second-order valence-electron chi connectivity index (χ2n) is 2.23. The van der Waals surface area contributed by atoms with E-state index >= 15 is 0 Å². The van der Waals surface area contributed by atoms with Gasteiger partial charge in [0, 0.05) is 17.2 Å². The van der Waals surface area contributed by atoms with Gasteiger partial charge in [0.05, 0.1) is 0 Å². The fourth-order valence-electron chi connectivity index (χ4n) is 0.786. The minimum absolute atomic E-state index is 0.378. The van der Waals surface area contributed by atoms with Crippen LogP contribution >= 0.6 is 15.9 Å². The van der Waals surface area contributed by atoms with Crippen LogP contribution in [0.2, 0.25) is 0 Å². The summed E-state index contributed by atoms with van der Waals surface area (Å²) in [7, 11) is 0. The first-order valence-electron chi connectivity index (χ1n) is 3.16. The first-order chi connectivity index (χ1) is 5.53. The third-order valence-electron chi connectivity index (χ3n) is 1.27. The molecular formula is C6H6BrF3N2. The van der Waals surface area contributed by atoms with Crippen molar-refractivity contribution in [2.75, 3.05) is 0 Å². The first-order valence-corrected chi connectivity index (χ1v) is 4.28. The highest BCUT2D eigenvalue weighted by Gasteiger charge is 2.28. The summed E-state index contributed by atoms with van der Waals surface area (Å²) in [5, 5.41) is 3.92. The van der Waals surface area contributed by atoms with Gasteiger partial charge in [-0.05, 0) is 6.07 Å². The molecule has 1 rings (SSSR count). The Morgan fingerprint density at radius 2 is 2.17 bits per heavy atom. The zero-order chi connectivity index (χ0) is 9.19. The third-order valence-corrected chi connectivity index (χ3v) is 1.84. The van der Waals surface area contributed by atoms with Gasteiger partial charge >= 0.3 is 6.18 Å². The molecule has 12 heavy (non-hydrogen) atoms. The monoisotopic (exact) mass is 242 g/mol. The number of halogens is 4. The minimum atomic E-state index is -4.21. The SMILES string of the molecule is FC(F)(F)Cn1nccc1CBr. The van der Waals surface area contributed by atoms with Crippen LogP contribution in [-0.2, 0) is 11.9 Å². The van der Waals surface area contributed by atoms with E-state index in [2.05, 4.69) is 21.0 Å². The van der Waals surface area contributed by atoms with Crippen molar-refractivity contribution >= 4 is 15.9 Å². The Hall–Kier alpha value is -0.520. The van der Waals surface area contributed by atoms with Crippen LogP contribution in [-0.4, -0.2) is 16.0 Å². The number of hydrogen-bond acceptors (Lipinski definition) is 1. The van der Waals surface area contributed by atoms with E-state index in [1.54, 1.807) is 6.07 Å². The Bertz CT molecular complexity index is 256. The van der Waals surface area contributed by atoms with Crippen molar-refractivity contribution in [2.45, 2.75) is 18.1 Å². The average Bonchev–Trinajstić information content (AvgIpc) is 2.31. The molecule has 0 fully saturated rings. The van der Waals surface area contributed by atoms with Crippen molar-refractivity contribution in [3.8, 4) is 0 Å². The smallest absolute Gasteiger partial charge is 0.260 e. The lowest BCUT2D eigenvalue weighted by Crippen LogP contribution is -2.19. The molecule has 0 amide bonds. The summed E-state index contributed by atoms with van der Waals surface area (Å²) in [5.41, 5.74) is 0.521. The lowest BCUT2D eigenvalue weighted by Gasteiger charge is -2.08. The minimum Gasteiger partial charge on any atom is -0.260 e. The molecule has 0 N–H and O–H groups in total. The van der Waals surface area contributed by atoms with Crippen LogP contribution in [0.3, 0.4) is 0 Å². The summed E-state index contributed by atoms with van der Waals surface area (Å²) in [6.45, 7) is -1.03. The standard InChI is InChI=1S/C6H6BrF3N2/c7-3-5-1-2-11-12(5)4-6(8,9)10/h1-2H,3-4H2. The fourth-order valence-corrected chi connectivity index (χ4v) is 1.26. The van der Waals surface area contributed by atoms with Gasteiger partial charge in [-0.25, -0.2) is 0 Å². The molecule has 2 nitrogen and oxygen atoms in total. The second-order valence-corrected chi connectivity index (χ2v) is 2.79. The van der Waals surface area contributed by atoms with Crippen LogP contribution < -0.4 is 0 Å². The molecule has 0 saturated carbocycles. The van der Waals surface area contributed by atoms with Gasteiger partial charge in [-0.1, -0.05) is 15.9 Å². The Morgan fingerprint density at radius 3 is 2.67 bits per heavy atom. The van der Waals surface area contributed by atoms with Crippen LogP contribution in [0.25, 0.3) is 0 Å². The Morgan fingerprint density at radius 1 is 1.50 bits per heavy atom. The summed E-state index contributed by atoms with van der Waals surface area (Å²) < 4.78 is 36.5. The summed E-state index contributed by atoms with van der Waals surface area (Å²) in [4.78, 5) is 0. The lowest BCUT2D eigenvalue weighted by atomic mass is 10.5. The molecule has 68 valence electrons. The molecule has 0 radical (unpaired) electrons. The van der Waals surface area contributed by atoms with Crippen LogP contribution in [0, 0.1) is 0 Å². The Labute approximate surface area is 75.5 Å². The number of alkyl halides is 4. The van der Waals surface area contributed by atoms with Crippen LogP contribution in [0.4, 0.5) is 13.2 Å². The maximum absolute atomic E-state index is 11.9. The molecular weight excluding hydrogens is 237 g/mol. The quantitative estimate of drug-likeness (QED) is 0.729. The maximum atomic E-state index is 11.9. The van der Waals surface area contributed by atoms with Crippen molar-refractivity contribution in [2.24, 2.45) is 0 Å². The maximum Gasteiger partial charge on any atom is 0.408 e. The van der Waals surface area contributed by atoms with E-state index < -0.39 is 12.7 Å². The van der Waals surface area contributed by atoms with Crippen LogP contribution in [0.15, 0.2) is 12.3 Å². The van der Waals surface area contributed by atoms with Gasteiger partial charge in [0.15, 0.2) is 0 Å². The van der Waals surface area contributed by atoms with Gasteiger partial charge in [-0.3, -0.25) is 4.68 Å². The summed E-state index contributed by atoms with van der Waals surface area (Å²) >= 11 is 3.07. The first kappa shape index (κ1) is 9.57. The Balaban J connectivity index is 2.75. The summed E-state index contributed by atoms with van der Waals surface area (Å²) in [6, 6.07) is 1.54. The van der Waals surface area contributed by atoms with Gasteiger partial charge < -0.3 is 0 Å². The topological polar surface area (TPSA) is 17.8 Å². The van der Waals surface area contributed by atoms with Crippen molar-refractivity contribution < 1.29 is 13.2 Å². The number of aromatic nitrogens is 2. The van der Waals surface area contributed by atoms with E-state index in [1.165, 1.54) is 6.20 Å². The fraction of sp³-hybridized carbons (Fsp3) is 0.500. The third kappa shape index (κ3) is 2.51. The zero-order valence-corrected chi connectivity index (χ0v) is 7.56. The van der Waals surface area contributed by atoms with Crippen molar-refractivity contribution in [1.29, 1.82) is 0 Å². The Kier molecular flexibility index (Phi) is 2.76. The van der Waals surface area contributed by atoms with E-state index in [0.29, 0.717) is 11.0 Å². The second kappa shape index (κ2) is 3.47. The molecule has 0 aromatic carbocycles. The number of hydrogen-bond donors (Lipinski definition) is 0. The summed E-state index contributed by atoms with van der Waals surface area (Å²) in [5.74, 6) is 0. The molecule has 0 aliphatic rings. The molecule has 0 aliphatic heterocycles. The van der Waals surface area contributed by atoms with Crippen LogP contribution in [0.1, 0.15) is 5.69 Å². The van der Waals surface area contributed by atoms with E-state index in [4.69, 9.17) is 0 Å². The van der Waals surface area contributed by atoms with Crippen molar-refractivity contribution in [3.63, 3.8) is 0 Å². The molecule has 1 aromatic heterocycles. The van der Waals surface area contributed by atoms with E-state index in [-0.39, 0.29) is 0 Å². The number of nitrogens with zero attached hydrogens (tertiary/aromatic N) is 2. The summed E-state index contributed by atoms with van der Waals surface area (Å²) in [6.07, 6.45) is -2.86. The van der Waals surface area contributed by atoms with Crippen LogP contribution in [0.5, 0.6) is 0 Å². The molecule has 6 heteroatoms. The average molecular weight is 243 g/mol. The zero-order valence-electron chi connectivity index (χ0n) is 5.98.